The lowest BCUT2D eigenvalue weighted by atomic mass is 10.1. The van der Waals surface area contributed by atoms with E-state index in [0.717, 1.165) is 33.5 Å². The molecule has 0 spiro atoms. The van der Waals surface area contributed by atoms with E-state index < -0.39 is 0 Å². The van der Waals surface area contributed by atoms with Gasteiger partial charge in [0.2, 0.25) is 5.43 Å². The van der Waals surface area contributed by atoms with Gasteiger partial charge < -0.3 is 9.30 Å². The lowest BCUT2D eigenvalue weighted by molar-refractivity contribution is 0.0957. The molecule has 0 unspecified atom stereocenters. The van der Waals surface area contributed by atoms with Gasteiger partial charge in [0.1, 0.15) is 22.6 Å². The Hall–Kier alpha value is -5.24. The molecule has 208 valence electrons. The summed E-state index contributed by atoms with van der Waals surface area (Å²) in [6.45, 7) is 8.04. The van der Waals surface area contributed by atoms with Crippen LogP contribution in [0, 0.1) is 0 Å². The number of para-hydroxylation sites is 2. The number of aromatic nitrogens is 4. The highest BCUT2D eigenvalue weighted by atomic mass is 16.5. The first-order valence-electron chi connectivity index (χ1n) is 14.0. The fourth-order valence-electron chi connectivity index (χ4n) is 6.01. The first-order chi connectivity index (χ1) is 20.3. The summed E-state index contributed by atoms with van der Waals surface area (Å²) in [6, 6.07) is 22.9. The monoisotopic (exact) mass is 556 g/mol. The van der Waals surface area contributed by atoms with Gasteiger partial charge in [-0.3, -0.25) is 23.5 Å². The Morgan fingerprint density at radius 1 is 0.690 bits per heavy atom. The normalized spacial score (nSPS) is 12.9. The van der Waals surface area contributed by atoms with Crippen molar-refractivity contribution in [3.8, 4) is 28.5 Å². The molecule has 0 radical (unpaired) electrons. The number of rotatable bonds is 3. The maximum atomic E-state index is 12.7. The lowest BCUT2D eigenvalue weighted by Gasteiger charge is -2.19. The first kappa shape index (κ1) is 25.7. The molecule has 4 aromatic heterocycles. The highest BCUT2D eigenvalue weighted by Gasteiger charge is 2.34. The van der Waals surface area contributed by atoms with E-state index in [4.69, 9.17) is 4.74 Å². The summed E-state index contributed by atoms with van der Waals surface area (Å²) in [4.78, 5) is 42.6. The predicted octanol–water partition coefficient (Wildman–Crippen LogP) is 6.55. The van der Waals surface area contributed by atoms with Crippen molar-refractivity contribution >= 4 is 33.6 Å². The summed E-state index contributed by atoms with van der Waals surface area (Å²) >= 11 is 0. The number of carbonyl (C=O) groups excluding carboxylic acids is 2. The molecule has 0 saturated heterocycles. The number of hydrogen-bond donors (Lipinski definition) is 0. The molecule has 0 saturated carbocycles. The minimum Gasteiger partial charge on any atom is -0.489 e. The van der Waals surface area contributed by atoms with Gasteiger partial charge in [0, 0.05) is 29.2 Å². The molecular formula is C34H28N4O4. The number of pyridine rings is 2. The summed E-state index contributed by atoms with van der Waals surface area (Å²) in [5.41, 5.74) is 5.47. The number of benzene rings is 2. The van der Waals surface area contributed by atoms with Crippen molar-refractivity contribution in [1.29, 1.82) is 0 Å². The van der Waals surface area contributed by atoms with Crippen LogP contribution in [0.25, 0.3) is 44.6 Å². The molecular weight excluding hydrogens is 528 g/mol. The van der Waals surface area contributed by atoms with Crippen molar-refractivity contribution in [3.05, 3.63) is 107 Å². The van der Waals surface area contributed by atoms with Gasteiger partial charge >= 0.3 is 0 Å². The molecule has 0 fully saturated rings. The van der Waals surface area contributed by atoms with Crippen LogP contribution in [0.15, 0.2) is 90.0 Å². The Balaban J connectivity index is 0.000000137. The lowest BCUT2D eigenvalue weighted by Crippen LogP contribution is -2.20. The standard InChI is InChI=1S/2C17H14N2O2/c1-10(2)21-16-11-6-3-4-7-12(11)18-15-13-8-5-9-19(13)17(20)14(15)16;1-10(2)19-12-7-4-3-6-11(12)16(20)14-15(19)13-8-5-9-18(13)17(14)21/h2*3-10H,1-2H3. The molecule has 8 rings (SSSR count). The van der Waals surface area contributed by atoms with Crippen LogP contribution in [0.3, 0.4) is 0 Å². The van der Waals surface area contributed by atoms with Gasteiger partial charge in [-0.1, -0.05) is 24.3 Å². The van der Waals surface area contributed by atoms with Crippen LogP contribution in [-0.4, -0.2) is 36.6 Å². The molecule has 8 nitrogen and oxygen atoms in total. The topological polar surface area (TPSA) is 88.1 Å². The van der Waals surface area contributed by atoms with Crippen molar-refractivity contribution in [2.45, 2.75) is 39.8 Å². The van der Waals surface area contributed by atoms with Crippen LogP contribution in [0.1, 0.15) is 54.5 Å². The molecule has 42 heavy (non-hydrogen) atoms. The van der Waals surface area contributed by atoms with Gasteiger partial charge in [-0.15, -0.1) is 0 Å². The summed E-state index contributed by atoms with van der Waals surface area (Å²) in [5.74, 6) is 0.341. The average Bonchev–Trinajstić information content (AvgIpc) is 3.75. The van der Waals surface area contributed by atoms with Crippen LogP contribution >= 0.6 is 0 Å². The third kappa shape index (κ3) is 3.61. The van der Waals surface area contributed by atoms with E-state index in [1.165, 1.54) is 0 Å². The van der Waals surface area contributed by atoms with Crippen LogP contribution in [0.5, 0.6) is 5.75 Å². The van der Waals surface area contributed by atoms with E-state index in [9.17, 15) is 14.4 Å². The molecule has 8 heteroatoms. The minimum absolute atomic E-state index is 0.00679. The quantitative estimate of drug-likeness (QED) is 0.246. The Morgan fingerprint density at radius 2 is 1.31 bits per heavy atom. The fourth-order valence-corrected chi connectivity index (χ4v) is 6.01. The van der Waals surface area contributed by atoms with Gasteiger partial charge in [-0.05, 0) is 76.2 Å². The highest BCUT2D eigenvalue weighted by molar-refractivity contribution is 6.14. The maximum absolute atomic E-state index is 12.7. The van der Waals surface area contributed by atoms with Crippen molar-refractivity contribution in [3.63, 3.8) is 0 Å². The number of nitrogens with zero attached hydrogens (tertiary/aromatic N) is 4. The second-order valence-electron chi connectivity index (χ2n) is 11.0. The van der Waals surface area contributed by atoms with E-state index in [-0.39, 0.29) is 35.0 Å². The SMILES string of the molecule is CC(C)Oc1c2c(nc3ccccc13)-c1cccn1C2=O.CC(C)n1c2c(c(=O)c3ccccc31)C(=O)n1cccc1-2. The van der Waals surface area contributed by atoms with E-state index in [1.807, 2.05) is 80.6 Å². The van der Waals surface area contributed by atoms with Gasteiger partial charge in [-0.25, -0.2) is 4.98 Å². The Labute approximate surface area is 241 Å². The zero-order valence-electron chi connectivity index (χ0n) is 23.7. The Bertz CT molecular complexity index is 2140. The van der Waals surface area contributed by atoms with Gasteiger partial charge in [-0.2, -0.15) is 0 Å². The second kappa shape index (κ2) is 9.41. The van der Waals surface area contributed by atoms with Crippen molar-refractivity contribution in [2.24, 2.45) is 0 Å². The van der Waals surface area contributed by atoms with Crippen molar-refractivity contribution in [1.82, 2.24) is 18.7 Å². The van der Waals surface area contributed by atoms with Gasteiger partial charge in [0.25, 0.3) is 11.8 Å². The Morgan fingerprint density at radius 3 is 2.02 bits per heavy atom. The molecule has 6 aromatic rings. The van der Waals surface area contributed by atoms with Gasteiger partial charge in [0.05, 0.1) is 34.2 Å². The minimum atomic E-state index is -0.227. The molecule has 2 aliphatic heterocycles. The number of hydrogen-bond acceptors (Lipinski definition) is 5. The molecule has 0 amide bonds. The molecule has 2 aliphatic rings. The van der Waals surface area contributed by atoms with E-state index in [1.54, 1.807) is 27.6 Å². The molecule has 0 aliphatic carbocycles. The van der Waals surface area contributed by atoms with Gasteiger partial charge in [0.15, 0.2) is 0 Å². The van der Waals surface area contributed by atoms with Crippen LogP contribution < -0.4 is 10.2 Å². The summed E-state index contributed by atoms with van der Waals surface area (Å²) in [7, 11) is 0. The average molecular weight is 557 g/mol. The van der Waals surface area contributed by atoms with Crippen LogP contribution in [0.4, 0.5) is 0 Å². The zero-order valence-corrected chi connectivity index (χ0v) is 23.7. The Kier molecular flexibility index (Phi) is 5.76. The number of fused-ring (bicyclic) bond motifs is 8. The zero-order chi connectivity index (χ0) is 29.3. The van der Waals surface area contributed by atoms with E-state index >= 15 is 0 Å². The highest BCUT2D eigenvalue weighted by Crippen LogP contribution is 2.41. The molecule has 0 N–H and O–H groups in total. The maximum Gasteiger partial charge on any atom is 0.268 e. The third-order valence-corrected chi connectivity index (χ3v) is 7.68. The van der Waals surface area contributed by atoms with E-state index in [0.29, 0.717) is 22.4 Å². The first-order valence-corrected chi connectivity index (χ1v) is 14.0. The third-order valence-electron chi connectivity index (χ3n) is 7.68. The van der Waals surface area contributed by atoms with Crippen molar-refractivity contribution in [2.75, 3.05) is 0 Å². The molecule has 0 atom stereocenters. The van der Waals surface area contributed by atoms with Crippen LogP contribution in [-0.2, 0) is 0 Å². The summed E-state index contributed by atoms with van der Waals surface area (Å²) in [6.07, 6.45) is 3.47. The fraction of sp³-hybridized carbons (Fsp3) is 0.176. The number of carbonyl (C=O) groups is 2. The predicted molar refractivity (Wildman–Crippen MR) is 162 cm³/mol. The second-order valence-corrected chi connectivity index (χ2v) is 11.0. The van der Waals surface area contributed by atoms with Crippen molar-refractivity contribution < 1.29 is 14.3 Å². The van der Waals surface area contributed by atoms with Crippen LogP contribution in [0.2, 0.25) is 0 Å². The molecule has 6 heterocycles. The summed E-state index contributed by atoms with van der Waals surface area (Å²) in [5, 5.41) is 1.48. The number of ether oxygens (including phenoxy) is 1. The summed E-state index contributed by atoms with van der Waals surface area (Å²) < 4.78 is 11.2. The smallest absolute Gasteiger partial charge is 0.268 e. The largest absolute Gasteiger partial charge is 0.489 e. The molecule has 2 aromatic carbocycles. The van der Waals surface area contributed by atoms with E-state index in [2.05, 4.69) is 23.4 Å². The molecule has 0 bridgehead atoms.